The van der Waals surface area contributed by atoms with Gasteiger partial charge in [-0.25, -0.2) is 0 Å². The summed E-state index contributed by atoms with van der Waals surface area (Å²) in [5, 5.41) is 20.6. The number of amides is 1. The molecule has 2 heterocycles. The second-order valence-corrected chi connectivity index (χ2v) is 9.07. The van der Waals surface area contributed by atoms with E-state index in [2.05, 4.69) is 6.92 Å². The normalized spacial score (nSPS) is 24.7. The SMILES string of the molecule is CCCCCCCCCCCCCC(=O)OCC1OC(N2C=CCC(C(N)=O)=C2)[C@H](O)[C@@H]1O. The highest BCUT2D eigenvalue weighted by Gasteiger charge is 2.45. The molecule has 2 aliphatic heterocycles. The third kappa shape index (κ3) is 9.47. The van der Waals surface area contributed by atoms with E-state index in [9.17, 15) is 19.8 Å². The minimum atomic E-state index is -1.21. The molecule has 2 unspecified atom stereocenters. The minimum absolute atomic E-state index is 0.129. The summed E-state index contributed by atoms with van der Waals surface area (Å²) in [6.07, 6.45) is 14.8. The van der Waals surface area contributed by atoms with Gasteiger partial charge in [0.25, 0.3) is 0 Å². The number of nitrogens with zero attached hydrogens (tertiary/aromatic N) is 1. The molecule has 8 nitrogen and oxygen atoms in total. The average Bonchev–Trinajstić information content (AvgIpc) is 3.10. The molecule has 1 amide bonds. The largest absolute Gasteiger partial charge is 0.463 e. The fourth-order valence-corrected chi connectivity index (χ4v) is 4.19. The van der Waals surface area contributed by atoms with Crippen LogP contribution in [0.3, 0.4) is 0 Å². The van der Waals surface area contributed by atoms with Gasteiger partial charge >= 0.3 is 5.97 Å². The number of carbonyl (C=O) groups is 2. The molecule has 8 heteroatoms. The number of rotatable bonds is 16. The first-order chi connectivity index (χ1) is 15.9. The van der Waals surface area contributed by atoms with E-state index < -0.39 is 30.4 Å². The van der Waals surface area contributed by atoms with Gasteiger partial charge in [-0.05, 0) is 12.8 Å². The maximum atomic E-state index is 12.0. The summed E-state index contributed by atoms with van der Waals surface area (Å²) in [7, 11) is 0. The molecule has 0 spiro atoms. The van der Waals surface area contributed by atoms with E-state index in [0.717, 1.165) is 19.3 Å². The number of aliphatic hydroxyl groups excluding tert-OH is 2. The molecule has 0 bridgehead atoms. The first-order valence-corrected chi connectivity index (χ1v) is 12.6. The number of primary amides is 1. The van der Waals surface area contributed by atoms with Gasteiger partial charge in [0.05, 0.1) is 0 Å². The summed E-state index contributed by atoms with van der Waals surface area (Å²) < 4.78 is 11.0. The number of hydrogen-bond acceptors (Lipinski definition) is 7. The zero-order valence-corrected chi connectivity index (χ0v) is 20.0. The molecule has 0 aliphatic carbocycles. The van der Waals surface area contributed by atoms with Crippen LogP contribution in [0.25, 0.3) is 0 Å². The maximum absolute atomic E-state index is 12.0. The quantitative estimate of drug-likeness (QED) is 0.236. The van der Waals surface area contributed by atoms with Crippen molar-refractivity contribution in [3.05, 3.63) is 24.0 Å². The van der Waals surface area contributed by atoms with Crippen LogP contribution in [0.5, 0.6) is 0 Å². The monoisotopic (exact) mass is 466 g/mol. The molecule has 0 radical (unpaired) electrons. The van der Waals surface area contributed by atoms with E-state index in [1.54, 1.807) is 12.3 Å². The Kier molecular flexibility index (Phi) is 12.5. The van der Waals surface area contributed by atoms with Crippen LogP contribution in [-0.2, 0) is 19.1 Å². The number of hydrogen-bond donors (Lipinski definition) is 3. The second kappa shape index (κ2) is 15.1. The molecular formula is C25H42N2O6. The van der Waals surface area contributed by atoms with Crippen LogP contribution < -0.4 is 5.73 Å². The predicted octanol–water partition coefficient (Wildman–Crippen LogP) is 3.27. The molecule has 0 aromatic rings. The lowest BCUT2D eigenvalue weighted by atomic mass is 10.1. The number of esters is 1. The van der Waals surface area contributed by atoms with Gasteiger partial charge in [-0.2, -0.15) is 0 Å². The van der Waals surface area contributed by atoms with Crippen LogP contribution in [0.1, 0.15) is 90.4 Å². The number of nitrogens with two attached hydrogens (primary N) is 1. The smallest absolute Gasteiger partial charge is 0.305 e. The van der Waals surface area contributed by atoms with Crippen LogP contribution >= 0.6 is 0 Å². The Labute approximate surface area is 197 Å². The van der Waals surface area contributed by atoms with E-state index in [-0.39, 0.29) is 12.6 Å². The van der Waals surface area contributed by atoms with Gasteiger partial charge in [-0.3, -0.25) is 9.59 Å². The predicted molar refractivity (Wildman–Crippen MR) is 126 cm³/mol. The van der Waals surface area contributed by atoms with Crippen LogP contribution in [0.2, 0.25) is 0 Å². The van der Waals surface area contributed by atoms with Gasteiger partial charge in [-0.15, -0.1) is 0 Å². The summed E-state index contributed by atoms with van der Waals surface area (Å²) in [6.45, 7) is 2.10. The average molecular weight is 467 g/mol. The molecule has 2 aliphatic rings. The molecule has 1 saturated heterocycles. The maximum Gasteiger partial charge on any atom is 0.305 e. The number of carbonyl (C=O) groups excluding carboxylic acids is 2. The van der Waals surface area contributed by atoms with Crippen LogP contribution in [0.4, 0.5) is 0 Å². The molecule has 2 rings (SSSR count). The van der Waals surface area contributed by atoms with Gasteiger partial charge in [0, 0.05) is 24.4 Å². The van der Waals surface area contributed by atoms with Crippen molar-refractivity contribution >= 4 is 11.9 Å². The van der Waals surface area contributed by atoms with E-state index in [0.29, 0.717) is 18.4 Å². The highest BCUT2D eigenvalue weighted by Crippen LogP contribution is 2.27. The second-order valence-electron chi connectivity index (χ2n) is 9.07. The summed E-state index contributed by atoms with van der Waals surface area (Å²) in [6, 6.07) is 0. The Bertz CT molecular complexity index is 665. The van der Waals surface area contributed by atoms with Crippen molar-refractivity contribution in [2.75, 3.05) is 6.61 Å². The Hall–Kier alpha value is -1.90. The van der Waals surface area contributed by atoms with Crippen molar-refractivity contribution in [3.63, 3.8) is 0 Å². The molecule has 0 saturated carbocycles. The Morgan fingerprint density at radius 2 is 1.64 bits per heavy atom. The lowest BCUT2D eigenvalue weighted by Crippen LogP contribution is -2.40. The summed E-state index contributed by atoms with van der Waals surface area (Å²) in [4.78, 5) is 25.0. The van der Waals surface area contributed by atoms with E-state index in [1.807, 2.05) is 0 Å². The molecule has 188 valence electrons. The Morgan fingerprint density at radius 3 is 2.24 bits per heavy atom. The molecule has 1 fully saturated rings. The first kappa shape index (κ1) is 27.3. The van der Waals surface area contributed by atoms with E-state index >= 15 is 0 Å². The van der Waals surface area contributed by atoms with Gasteiger partial charge in [-0.1, -0.05) is 77.2 Å². The molecule has 0 aromatic heterocycles. The molecule has 33 heavy (non-hydrogen) atoms. The molecule has 0 aromatic carbocycles. The highest BCUT2D eigenvalue weighted by molar-refractivity contribution is 5.92. The molecular weight excluding hydrogens is 424 g/mol. The van der Waals surface area contributed by atoms with Crippen LogP contribution in [-0.4, -0.2) is 58.1 Å². The third-order valence-electron chi connectivity index (χ3n) is 6.26. The van der Waals surface area contributed by atoms with Crippen LogP contribution in [0, 0.1) is 0 Å². The topological polar surface area (TPSA) is 122 Å². The van der Waals surface area contributed by atoms with E-state index in [4.69, 9.17) is 15.2 Å². The summed E-state index contributed by atoms with van der Waals surface area (Å²) in [5.41, 5.74) is 5.70. The van der Waals surface area contributed by atoms with E-state index in [1.165, 1.54) is 62.5 Å². The van der Waals surface area contributed by atoms with Gasteiger partial charge in [0.1, 0.15) is 24.9 Å². The zero-order chi connectivity index (χ0) is 24.1. The lowest BCUT2D eigenvalue weighted by molar-refractivity contribution is -0.150. The van der Waals surface area contributed by atoms with Gasteiger partial charge in [0.2, 0.25) is 5.91 Å². The summed E-state index contributed by atoms with van der Waals surface area (Å²) >= 11 is 0. The molecule has 4 atom stereocenters. The third-order valence-corrected chi connectivity index (χ3v) is 6.26. The van der Waals surface area contributed by atoms with Gasteiger partial charge < -0.3 is 30.3 Å². The van der Waals surface area contributed by atoms with Crippen molar-refractivity contribution < 1.29 is 29.3 Å². The van der Waals surface area contributed by atoms with Crippen LogP contribution in [0.15, 0.2) is 24.0 Å². The highest BCUT2D eigenvalue weighted by atomic mass is 16.6. The number of aliphatic hydroxyl groups is 2. The first-order valence-electron chi connectivity index (χ1n) is 12.6. The standard InChI is InChI=1S/C25H42N2O6/c1-2-3-4-5-6-7-8-9-10-11-12-15-21(28)32-18-20-22(29)23(30)25(33-20)27-16-13-14-19(17-27)24(26)31/h13,16-17,20,22-23,25,29-30H,2-12,14-15,18H2,1H3,(H2,26,31)/t20?,22-,23-,25?/m1/s1. The Morgan fingerprint density at radius 1 is 1.03 bits per heavy atom. The fourth-order valence-electron chi connectivity index (χ4n) is 4.19. The van der Waals surface area contributed by atoms with Crippen molar-refractivity contribution in [3.8, 4) is 0 Å². The number of ether oxygens (including phenoxy) is 2. The van der Waals surface area contributed by atoms with Gasteiger partial charge in [0.15, 0.2) is 6.23 Å². The number of allylic oxidation sites excluding steroid dienone is 1. The minimum Gasteiger partial charge on any atom is -0.463 e. The van der Waals surface area contributed by atoms with Crippen molar-refractivity contribution in [1.29, 1.82) is 0 Å². The lowest BCUT2D eigenvalue weighted by Gasteiger charge is -2.28. The van der Waals surface area contributed by atoms with Crippen molar-refractivity contribution in [2.24, 2.45) is 5.73 Å². The Balaban J connectivity index is 1.58. The zero-order valence-electron chi connectivity index (χ0n) is 20.0. The summed E-state index contributed by atoms with van der Waals surface area (Å²) in [5.74, 6) is -0.876. The van der Waals surface area contributed by atoms with Crippen molar-refractivity contribution in [1.82, 2.24) is 4.90 Å². The fraction of sp³-hybridized carbons (Fsp3) is 0.760. The number of unbranched alkanes of at least 4 members (excludes halogenated alkanes) is 10. The van der Waals surface area contributed by atoms with Crippen molar-refractivity contribution in [2.45, 2.75) is 115 Å². The molecule has 4 N–H and O–H groups in total.